The molecule has 0 aliphatic rings. The lowest BCUT2D eigenvalue weighted by molar-refractivity contribution is -0.139. The summed E-state index contributed by atoms with van der Waals surface area (Å²) >= 11 is 12.1. The van der Waals surface area contributed by atoms with Crippen molar-refractivity contribution in [2.24, 2.45) is 0 Å². The Morgan fingerprint density at radius 3 is 1.95 bits per heavy atom. The topological polar surface area (TPSA) is 86.8 Å². The fourth-order valence-electron chi connectivity index (χ4n) is 4.60. The van der Waals surface area contributed by atoms with Gasteiger partial charge in [-0.15, -0.1) is 0 Å². The van der Waals surface area contributed by atoms with Crippen LogP contribution in [0.2, 0.25) is 10.0 Å². The highest BCUT2D eigenvalue weighted by Gasteiger charge is 2.34. The van der Waals surface area contributed by atoms with E-state index in [2.05, 4.69) is 5.32 Å². The number of hydrogen-bond acceptors (Lipinski definition) is 4. The molecule has 10 heteroatoms. The lowest BCUT2D eigenvalue weighted by atomic mass is 10.0. The van der Waals surface area contributed by atoms with Crippen LogP contribution in [0, 0.1) is 6.92 Å². The molecule has 7 nitrogen and oxygen atoms in total. The van der Waals surface area contributed by atoms with E-state index in [1.165, 1.54) is 36.2 Å². The summed E-state index contributed by atoms with van der Waals surface area (Å²) in [6.07, 6.45) is 0.230. The summed E-state index contributed by atoms with van der Waals surface area (Å²) in [4.78, 5) is 29.0. The van der Waals surface area contributed by atoms with E-state index in [1.54, 1.807) is 55.5 Å². The molecular formula is C32H31Cl2N3O4S. The third kappa shape index (κ3) is 7.50. The minimum absolute atomic E-state index is 0.0145. The highest BCUT2D eigenvalue weighted by Crippen LogP contribution is 2.28. The molecule has 0 radical (unpaired) electrons. The molecule has 0 aliphatic carbocycles. The first-order valence-corrected chi connectivity index (χ1v) is 15.4. The van der Waals surface area contributed by atoms with Crippen LogP contribution in [0.1, 0.15) is 16.7 Å². The average Bonchev–Trinajstić information content (AvgIpc) is 2.99. The van der Waals surface area contributed by atoms with Gasteiger partial charge in [0.05, 0.1) is 10.6 Å². The van der Waals surface area contributed by atoms with Crippen LogP contribution in [-0.4, -0.2) is 44.8 Å². The van der Waals surface area contributed by atoms with Crippen LogP contribution in [0.4, 0.5) is 5.69 Å². The first kappa shape index (κ1) is 31.1. The Bertz CT molecular complexity index is 1630. The molecule has 42 heavy (non-hydrogen) atoms. The molecule has 0 heterocycles. The zero-order valence-corrected chi connectivity index (χ0v) is 25.5. The van der Waals surface area contributed by atoms with Crippen molar-refractivity contribution in [1.82, 2.24) is 10.2 Å². The number of hydrogen-bond donors (Lipinski definition) is 1. The van der Waals surface area contributed by atoms with E-state index in [4.69, 9.17) is 23.2 Å². The predicted molar refractivity (Wildman–Crippen MR) is 167 cm³/mol. The summed E-state index contributed by atoms with van der Waals surface area (Å²) < 4.78 is 29.1. The number of rotatable bonds is 11. The molecular weight excluding hydrogens is 593 g/mol. The van der Waals surface area contributed by atoms with E-state index in [9.17, 15) is 18.0 Å². The number of amides is 2. The normalized spacial score (nSPS) is 11.9. The van der Waals surface area contributed by atoms with Gasteiger partial charge in [0.15, 0.2) is 0 Å². The molecule has 4 rings (SSSR count). The van der Waals surface area contributed by atoms with Crippen molar-refractivity contribution >= 4 is 50.7 Å². The van der Waals surface area contributed by atoms with Gasteiger partial charge < -0.3 is 10.2 Å². The Morgan fingerprint density at radius 2 is 1.36 bits per heavy atom. The van der Waals surface area contributed by atoms with E-state index in [-0.39, 0.29) is 23.8 Å². The van der Waals surface area contributed by atoms with E-state index >= 15 is 0 Å². The number of sulfonamides is 1. The maximum absolute atomic E-state index is 14.3. The second kappa shape index (κ2) is 13.9. The summed E-state index contributed by atoms with van der Waals surface area (Å²) in [6.45, 7) is 1.30. The predicted octanol–water partition coefficient (Wildman–Crippen LogP) is 5.88. The van der Waals surface area contributed by atoms with Gasteiger partial charge in [-0.05, 0) is 66.1 Å². The Morgan fingerprint density at radius 1 is 0.786 bits per heavy atom. The van der Waals surface area contributed by atoms with Gasteiger partial charge in [-0.1, -0.05) is 83.9 Å². The third-order valence-electron chi connectivity index (χ3n) is 6.85. The van der Waals surface area contributed by atoms with Crippen LogP contribution in [0.5, 0.6) is 0 Å². The Kier molecular flexibility index (Phi) is 10.3. The number of para-hydroxylation sites is 1. The number of nitrogens with one attached hydrogen (secondary N) is 1. The standard InChI is InChI=1S/C32H31Cl2N3O4S/c1-23-8-6-7-11-29(23)37(42(40,41)28-18-16-27(34)17-19-28)22-31(38)36(21-25-12-14-26(33)15-13-25)30(32(39)35-2)20-24-9-4-3-5-10-24/h3-19,30H,20-22H2,1-2H3,(H,35,39)/t30-/m1/s1. The van der Waals surface area contributed by atoms with Crippen LogP contribution in [0.25, 0.3) is 0 Å². The lowest BCUT2D eigenvalue weighted by Crippen LogP contribution is -2.53. The lowest BCUT2D eigenvalue weighted by Gasteiger charge is -2.34. The quantitative estimate of drug-likeness (QED) is 0.226. The van der Waals surface area contributed by atoms with E-state index in [0.29, 0.717) is 21.3 Å². The van der Waals surface area contributed by atoms with Crippen molar-refractivity contribution in [3.63, 3.8) is 0 Å². The molecule has 4 aromatic carbocycles. The molecule has 0 spiro atoms. The second-order valence-corrected chi connectivity index (χ2v) is 12.5. The fraction of sp³-hybridized carbons (Fsp3) is 0.188. The van der Waals surface area contributed by atoms with E-state index in [0.717, 1.165) is 15.4 Å². The third-order valence-corrected chi connectivity index (χ3v) is 9.13. The molecule has 0 fully saturated rings. The van der Waals surface area contributed by atoms with Crippen LogP contribution in [0.3, 0.4) is 0 Å². The molecule has 0 unspecified atom stereocenters. The first-order valence-electron chi connectivity index (χ1n) is 13.2. The van der Waals surface area contributed by atoms with Gasteiger partial charge in [-0.2, -0.15) is 0 Å². The molecule has 0 aromatic heterocycles. The molecule has 0 saturated heterocycles. The summed E-state index contributed by atoms with van der Waals surface area (Å²) in [5.74, 6) is -0.917. The first-order chi connectivity index (χ1) is 20.1. The van der Waals surface area contributed by atoms with Crippen molar-refractivity contribution in [3.8, 4) is 0 Å². The highest BCUT2D eigenvalue weighted by atomic mass is 35.5. The van der Waals surface area contributed by atoms with Gasteiger partial charge in [0.1, 0.15) is 12.6 Å². The van der Waals surface area contributed by atoms with Gasteiger partial charge >= 0.3 is 0 Å². The van der Waals surface area contributed by atoms with Gasteiger partial charge in [-0.25, -0.2) is 8.42 Å². The van der Waals surface area contributed by atoms with Crippen molar-refractivity contribution < 1.29 is 18.0 Å². The number of aryl methyl sites for hydroxylation is 1. The van der Waals surface area contributed by atoms with Crippen LogP contribution in [-0.2, 0) is 32.6 Å². The number of anilines is 1. The van der Waals surface area contributed by atoms with Crippen molar-refractivity contribution in [2.75, 3.05) is 17.9 Å². The van der Waals surface area contributed by atoms with Crippen molar-refractivity contribution in [1.29, 1.82) is 0 Å². The molecule has 0 bridgehead atoms. The summed E-state index contributed by atoms with van der Waals surface area (Å²) in [5.41, 5.74) is 2.60. The minimum Gasteiger partial charge on any atom is -0.357 e. The van der Waals surface area contributed by atoms with Crippen LogP contribution < -0.4 is 9.62 Å². The maximum Gasteiger partial charge on any atom is 0.264 e. The molecule has 1 atom stereocenters. The molecule has 0 saturated carbocycles. The van der Waals surface area contributed by atoms with Gasteiger partial charge in [-0.3, -0.25) is 13.9 Å². The Hall–Kier alpha value is -3.85. The Labute approximate surface area is 256 Å². The number of carbonyl (C=O) groups excluding carboxylic acids is 2. The Balaban J connectivity index is 1.79. The number of halogens is 2. The monoisotopic (exact) mass is 623 g/mol. The molecule has 2 amide bonds. The van der Waals surface area contributed by atoms with Crippen LogP contribution in [0.15, 0.2) is 108 Å². The molecule has 4 aromatic rings. The van der Waals surface area contributed by atoms with Crippen molar-refractivity contribution in [2.45, 2.75) is 30.8 Å². The zero-order chi connectivity index (χ0) is 30.3. The smallest absolute Gasteiger partial charge is 0.264 e. The van der Waals surface area contributed by atoms with Gasteiger partial charge in [0.2, 0.25) is 11.8 Å². The van der Waals surface area contributed by atoms with Crippen LogP contribution >= 0.6 is 23.2 Å². The van der Waals surface area contributed by atoms with Crippen molar-refractivity contribution in [3.05, 3.63) is 130 Å². The van der Waals surface area contributed by atoms with Gasteiger partial charge in [0, 0.05) is 30.1 Å². The molecule has 218 valence electrons. The summed E-state index contributed by atoms with van der Waals surface area (Å²) in [6, 6.07) is 28.1. The number of benzene rings is 4. The van der Waals surface area contributed by atoms with E-state index in [1.807, 2.05) is 30.3 Å². The largest absolute Gasteiger partial charge is 0.357 e. The molecule has 0 aliphatic heterocycles. The average molecular weight is 625 g/mol. The summed E-state index contributed by atoms with van der Waals surface area (Å²) in [7, 11) is -2.69. The minimum atomic E-state index is -4.20. The number of likely N-dealkylation sites (N-methyl/N-ethyl adjacent to an activating group) is 1. The summed E-state index contributed by atoms with van der Waals surface area (Å²) in [5, 5.41) is 3.59. The van der Waals surface area contributed by atoms with E-state index < -0.39 is 28.5 Å². The maximum atomic E-state index is 14.3. The highest BCUT2D eigenvalue weighted by molar-refractivity contribution is 7.92. The SMILES string of the molecule is CNC(=O)[C@@H](Cc1ccccc1)N(Cc1ccc(Cl)cc1)C(=O)CN(c1ccccc1C)S(=O)(=O)c1ccc(Cl)cc1. The number of carbonyl (C=O) groups is 2. The number of nitrogens with zero attached hydrogens (tertiary/aromatic N) is 2. The zero-order valence-electron chi connectivity index (χ0n) is 23.2. The van der Waals surface area contributed by atoms with Gasteiger partial charge in [0.25, 0.3) is 10.0 Å². The fourth-order valence-corrected chi connectivity index (χ4v) is 6.33. The second-order valence-electron chi connectivity index (χ2n) is 9.72. The molecule has 1 N–H and O–H groups in total.